The van der Waals surface area contributed by atoms with Crippen LogP contribution in [0, 0.1) is 12.2 Å². The van der Waals surface area contributed by atoms with E-state index < -0.39 is 0 Å². The summed E-state index contributed by atoms with van der Waals surface area (Å²) in [4.78, 5) is 0. The van der Waals surface area contributed by atoms with E-state index >= 15 is 0 Å². The molecule has 2 aliphatic rings. The van der Waals surface area contributed by atoms with Gasteiger partial charge in [-0.1, -0.05) is 36.4 Å². The van der Waals surface area contributed by atoms with Gasteiger partial charge in [-0.15, -0.1) is 52.6 Å². The van der Waals surface area contributed by atoms with E-state index in [0.29, 0.717) is 0 Å². The van der Waals surface area contributed by atoms with Crippen molar-refractivity contribution in [1.29, 1.82) is 0 Å². The minimum Gasteiger partial charge on any atom is -1.00 e. The van der Waals surface area contributed by atoms with Crippen molar-refractivity contribution < 1.29 is 48.1 Å². The summed E-state index contributed by atoms with van der Waals surface area (Å²) < 4.78 is 0. The van der Waals surface area contributed by atoms with Gasteiger partial charge in [0.1, 0.15) is 0 Å². The van der Waals surface area contributed by atoms with E-state index in [2.05, 4.69) is 92.0 Å². The van der Waals surface area contributed by atoms with Crippen molar-refractivity contribution in [2.45, 2.75) is 25.9 Å². The molecule has 5 rings (SSSR count). The van der Waals surface area contributed by atoms with Crippen LogP contribution in [0.2, 0.25) is 13.1 Å². The maximum absolute atomic E-state index is 2.99. The zero-order chi connectivity index (χ0) is 19.3. The monoisotopic (exact) mass is 513 g/mol. The summed E-state index contributed by atoms with van der Waals surface area (Å²) in [5, 5.41) is 5.39. The molecule has 0 fully saturated rings. The zero-order valence-corrected chi connectivity index (χ0v) is 21.8. The smallest absolute Gasteiger partial charge is 0.0771 e. The predicted molar refractivity (Wildman–Crippen MR) is 118 cm³/mol. The molecule has 0 bridgehead atoms. The fourth-order valence-electron chi connectivity index (χ4n) is 2.58. The normalized spacial score (nSPS) is 12.0. The third-order valence-electron chi connectivity index (χ3n) is 3.69. The van der Waals surface area contributed by atoms with Gasteiger partial charge in [0, 0.05) is 0 Å². The third kappa shape index (κ3) is 11.1. The summed E-state index contributed by atoms with van der Waals surface area (Å²) >= 11 is 1.74. The van der Waals surface area contributed by atoms with E-state index in [1.807, 2.05) is 24.3 Å². The van der Waals surface area contributed by atoms with Crippen LogP contribution in [-0.2, 0) is 23.3 Å². The van der Waals surface area contributed by atoms with Gasteiger partial charge in [-0.2, -0.15) is 12.2 Å². The van der Waals surface area contributed by atoms with E-state index in [-0.39, 0.29) is 30.2 Å². The van der Waals surface area contributed by atoms with Gasteiger partial charge in [0.15, 0.2) is 0 Å². The van der Waals surface area contributed by atoms with Crippen molar-refractivity contribution in [1.82, 2.24) is 0 Å². The van der Waals surface area contributed by atoms with Gasteiger partial charge >= 0.3 is 41.9 Å². The minimum atomic E-state index is 0. The van der Waals surface area contributed by atoms with Gasteiger partial charge in [0.05, 0.1) is 0 Å². The molecule has 0 N–H and O–H groups in total. The van der Waals surface area contributed by atoms with Crippen LogP contribution < -0.4 is 24.8 Å². The summed E-state index contributed by atoms with van der Waals surface area (Å²) in [7, 11) is 0. The average Bonchev–Trinajstić information content (AvgIpc) is 3.45. The van der Waals surface area contributed by atoms with E-state index in [0.717, 1.165) is 12.8 Å². The molecule has 0 heterocycles. The second-order valence-corrected chi connectivity index (χ2v) is 15.7. The number of hydrogen-bond acceptors (Lipinski definition) is 0. The molecule has 0 aliphatic heterocycles. The fourth-order valence-corrected chi connectivity index (χ4v) is 2.58. The Labute approximate surface area is 203 Å². The van der Waals surface area contributed by atoms with E-state index in [1.54, 1.807) is 23.3 Å². The molecule has 0 aromatic heterocycles. The van der Waals surface area contributed by atoms with Gasteiger partial charge in [-0.05, 0) is 0 Å². The van der Waals surface area contributed by atoms with Gasteiger partial charge in [0.25, 0.3) is 0 Å². The van der Waals surface area contributed by atoms with Gasteiger partial charge in [-0.25, -0.2) is 24.3 Å². The first-order valence-electron chi connectivity index (χ1n) is 9.17. The third-order valence-corrected chi connectivity index (χ3v) is 3.69. The number of allylic oxidation sites excluding steroid dienone is 8. The predicted octanol–water partition coefficient (Wildman–Crippen LogP) is 1.12. The molecule has 0 radical (unpaired) electrons. The fraction of sp³-hybridized carbons (Fsp3) is 0.160. The first-order valence-corrected chi connectivity index (χ1v) is 15.4. The SMILES string of the molecule is C[Si](C)=[Zr+2].[C-]1=CC=CC1.[C-]1=CC=CC1.[Cl-].[Cl-].c1ccc2c(c1)[cH-]c1ccccc12. The minimum absolute atomic E-state index is 0. The molecule has 150 valence electrons. The molecule has 0 saturated heterocycles. The quantitative estimate of drug-likeness (QED) is 0.311. The van der Waals surface area contributed by atoms with Crippen molar-refractivity contribution in [3.63, 3.8) is 0 Å². The standard InChI is InChI=1S/C13H9.2C5H5.C2H6Si.2ClH.Zr/c1-3-7-12-10(5-1)9-11-6-2-4-8-13(11)12;2*1-2-4-5-3-1;1-3-2;;;/h1-9H;2*1-3H,4H2;1-2H3;2*1H;/q3*-1;;;;+2/p-2. The molecule has 0 spiro atoms. The summed E-state index contributed by atoms with van der Waals surface area (Å²) in [6.45, 7) is 4.62. The van der Waals surface area contributed by atoms with Crippen molar-refractivity contribution >= 4 is 27.0 Å². The Morgan fingerprint density at radius 1 is 0.759 bits per heavy atom. The summed E-state index contributed by atoms with van der Waals surface area (Å²) in [5.41, 5.74) is 0.210. The van der Waals surface area contributed by atoms with Gasteiger partial charge < -0.3 is 24.8 Å². The van der Waals surface area contributed by atoms with Gasteiger partial charge in [-0.3, -0.25) is 12.2 Å². The second-order valence-electron chi connectivity index (χ2n) is 6.32. The molecule has 0 atom stereocenters. The molecule has 4 heteroatoms. The molecule has 0 saturated carbocycles. The topological polar surface area (TPSA) is 0 Å². The van der Waals surface area contributed by atoms with Crippen LogP contribution in [-0.4, -0.2) is 5.43 Å². The molecule has 2 aliphatic carbocycles. The molecule has 0 unspecified atom stereocenters. The van der Waals surface area contributed by atoms with Crippen molar-refractivity contribution in [3.8, 4) is 0 Å². The van der Waals surface area contributed by atoms with Crippen LogP contribution in [0.25, 0.3) is 21.5 Å². The van der Waals surface area contributed by atoms with E-state index in [4.69, 9.17) is 0 Å². The Morgan fingerprint density at radius 2 is 1.14 bits per heavy atom. The summed E-state index contributed by atoms with van der Waals surface area (Å²) in [5.74, 6) is 0. The van der Waals surface area contributed by atoms with Crippen LogP contribution in [0.1, 0.15) is 12.8 Å². The second kappa shape index (κ2) is 16.7. The molecule has 29 heavy (non-hydrogen) atoms. The zero-order valence-electron chi connectivity index (χ0n) is 16.8. The van der Waals surface area contributed by atoms with Crippen LogP contribution in [0.3, 0.4) is 0 Å². The Bertz CT molecular complexity index is 884. The summed E-state index contributed by atoms with van der Waals surface area (Å²) in [6.07, 6.45) is 20.0. The Balaban J connectivity index is 0.000000413. The average molecular weight is 516 g/mol. The maximum atomic E-state index is 2.99. The molecule has 0 amide bonds. The molecule has 3 aromatic carbocycles. The molecule has 0 nitrogen and oxygen atoms in total. The molecular weight excluding hydrogens is 490 g/mol. The number of benzene rings is 2. The summed E-state index contributed by atoms with van der Waals surface area (Å²) in [6, 6.07) is 19.3. The molecule has 3 aromatic rings. The van der Waals surface area contributed by atoms with Crippen molar-refractivity contribution in [3.05, 3.63) is 103 Å². The van der Waals surface area contributed by atoms with Crippen LogP contribution in [0.4, 0.5) is 0 Å². The molecular formula is C25H25Cl2SiZr-3. The van der Waals surface area contributed by atoms with Crippen molar-refractivity contribution in [2.24, 2.45) is 0 Å². The number of halogens is 2. The Hall–Kier alpha value is -1.05. The van der Waals surface area contributed by atoms with Gasteiger partial charge in [0.2, 0.25) is 0 Å². The largest absolute Gasteiger partial charge is 1.00 e. The van der Waals surface area contributed by atoms with Crippen molar-refractivity contribution in [2.75, 3.05) is 0 Å². The van der Waals surface area contributed by atoms with E-state index in [1.165, 1.54) is 21.5 Å². The Kier molecular flexibility index (Phi) is 16.1. The first-order chi connectivity index (χ1) is 13.2. The number of fused-ring (bicyclic) bond motifs is 3. The Morgan fingerprint density at radius 3 is 1.41 bits per heavy atom. The first kappa shape index (κ1) is 27.9. The van der Waals surface area contributed by atoms with Crippen LogP contribution in [0.5, 0.6) is 0 Å². The van der Waals surface area contributed by atoms with Crippen LogP contribution >= 0.6 is 0 Å². The van der Waals surface area contributed by atoms with E-state index in [9.17, 15) is 0 Å². The number of rotatable bonds is 0. The maximum Gasteiger partial charge on any atom is -0.0771 e. The van der Waals surface area contributed by atoms with Crippen LogP contribution in [0.15, 0.2) is 91.1 Å². The number of hydrogen-bond donors (Lipinski definition) is 0.